The summed E-state index contributed by atoms with van der Waals surface area (Å²) >= 11 is 3.35. The second-order valence-corrected chi connectivity index (χ2v) is 4.64. The highest BCUT2D eigenvalue weighted by atomic mass is 79.9. The molecule has 108 valence electrons. The molecule has 0 bridgehead atoms. The number of terminal acetylenes is 1. The predicted octanol–water partition coefficient (Wildman–Crippen LogP) is 2.25. The van der Waals surface area contributed by atoms with E-state index in [1.54, 1.807) is 18.2 Å². The molecule has 0 aliphatic heterocycles. The minimum atomic E-state index is -0.792. The summed E-state index contributed by atoms with van der Waals surface area (Å²) in [5.41, 5.74) is 5.53. The van der Waals surface area contributed by atoms with Gasteiger partial charge in [0.05, 0.1) is 11.1 Å². The second kappa shape index (κ2) is 7.98. The summed E-state index contributed by atoms with van der Waals surface area (Å²) < 4.78 is 11.5. The lowest BCUT2D eigenvalue weighted by Gasteiger charge is -2.13. The van der Waals surface area contributed by atoms with Crippen LogP contribution >= 0.6 is 15.9 Å². The molecule has 0 aliphatic carbocycles. The zero-order valence-electron chi connectivity index (χ0n) is 11.4. The zero-order chi connectivity index (χ0) is 15.8. The standard InChI is InChI=1S/C15H13BrN2O3/c1-3-5-21-14-12(16)7-10(8-13(14)20-4-2)6-11(9-17)15(18)19/h1,6-8H,4-5H2,2H3,(H2,18,19)/b11-6+. The molecule has 5 nitrogen and oxygen atoms in total. The molecule has 1 amide bonds. The van der Waals surface area contributed by atoms with Gasteiger partial charge < -0.3 is 15.2 Å². The Morgan fingerprint density at radius 2 is 2.24 bits per heavy atom. The van der Waals surface area contributed by atoms with E-state index in [4.69, 9.17) is 26.9 Å². The summed E-state index contributed by atoms with van der Waals surface area (Å²) in [5, 5.41) is 8.86. The van der Waals surface area contributed by atoms with Crippen LogP contribution in [0.1, 0.15) is 12.5 Å². The molecule has 0 spiro atoms. The highest BCUT2D eigenvalue weighted by Crippen LogP contribution is 2.37. The molecule has 0 saturated carbocycles. The molecule has 0 aromatic heterocycles. The maximum absolute atomic E-state index is 11.1. The topological polar surface area (TPSA) is 85.3 Å². The van der Waals surface area contributed by atoms with Gasteiger partial charge in [0, 0.05) is 0 Å². The van der Waals surface area contributed by atoms with E-state index in [2.05, 4.69) is 21.9 Å². The highest BCUT2D eigenvalue weighted by molar-refractivity contribution is 9.10. The number of nitriles is 1. The van der Waals surface area contributed by atoms with Crippen molar-refractivity contribution < 1.29 is 14.3 Å². The molecule has 1 rings (SSSR count). The van der Waals surface area contributed by atoms with Crippen molar-refractivity contribution in [1.29, 1.82) is 5.26 Å². The first-order chi connectivity index (χ1) is 10.0. The summed E-state index contributed by atoms with van der Waals surface area (Å²) in [6, 6.07) is 5.06. The predicted molar refractivity (Wildman–Crippen MR) is 82.4 cm³/mol. The van der Waals surface area contributed by atoms with Gasteiger partial charge in [-0.3, -0.25) is 4.79 Å². The van der Waals surface area contributed by atoms with Crippen LogP contribution < -0.4 is 15.2 Å². The van der Waals surface area contributed by atoms with E-state index < -0.39 is 5.91 Å². The first kappa shape index (κ1) is 16.6. The Labute approximate surface area is 131 Å². The van der Waals surface area contributed by atoms with Gasteiger partial charge in [0.2, 0.25) is 0 Å². The zero-order valence-corrected chi connectivity index (χ0v) is 12.9. The molecule has 1 aromatic carbocycles. The number of hydrogen-bond acceptors (Lipinski definition) is 4. The van der Waals surface area contributed by atoms with Crippen LogP contribution in [0, 0.1) is 23.7 Å². The molecule has 0 heterocycles. The Morgan fingerprint density at radius 3 is 2.76 bits per heavy atom. The Balaban J connectivity index is 3.30. The third-order valence-corrected chi connectivity index (χ3v) is 2.92. The van der Waals surface area contributed by atoms with E-state index in [1.165, 1.54) is 6.08 Å². The second-order valence-electron chi connectivity index (χ2n) is 3.79. The van der Waals surface area contributed by atoms with Crippen LogP contribution in [0.3, 0.4) is 0 Å². The van der Waals surface area contributed by atoms with Crippen molar-refractivity contribution in [2.75, 3.05) is 13.2 Å². The van der Waals surface area contributed by atoms with Crippen molar-refractivity contribution in [3.8, 4) is 29.9 Å². The summed E-state index contributed by atoms with van der Waals surface area (Å²) in [6.07, 6.45) is 6.55. The van der Waals surface area contributed by atoms with E-state index in [9.17, 15) is 4.79 Å². The van der Waals surface area contributed by atoms with Crippen molar-refractivity contribution >= 4 is 27.9 Å². The summed E-state index contributed by atoms with van der Waals surface area (Å²) in [6.45, 7) is 2.34. The molecule has 6 heteroatoms. The number of rotatable bonds is 6. The molecule has 0 saturated heterocycles. The number of ether oxygens (including phenoxy) is 2. The van der Waals surface area contributed by atoms with Gasteiger partial charge in [0.25, 0.3) is 5.91 Å². The number of carbonyl (C=O) groups excluding carboxylic acids is 1. The van der Waals surface area contributed by atoms with Crippen molar-refractivity contribution in [2.45, 2.75) is 6.92 Å². The molecule has 0 aliphatic rings. The van der Waals surface area contributed by atoms with Gasteiger partial charge in [-0.05, 0) is 46.6 Å². The number of carbonyl (C=O) groups is 1. The smallest absolute Gasteiger partial charge is 0.259 e. The molecule has 0 fully saturated rings. The summed E-state index contributed by atoms with van der Waals surface area (Å²) in [5.74, 6) is 2.49. The van der Waals surface area contributed by atoms with Gasteiger partial charge in [-0.25, -0.2) is 0 Å². The minimum Gasteiger partial charge on any atom is -0.490 e. The van der Waals surface area contributed by atoms with E-state index in [-0.39, 0.29) is 12.2 Å². The van der Waals surface area contributed by atoms with Crippen molar-refractivity contribution in [2.24, 2.45) is 5.73 Å². The molecule has 2 N–H and O–H groups in total. The number of primary amides is 1. The van der Waals surface area contributed by atoms with Crippen LogP contribution in [0.5, 0.6) is 11.5 Å². The summed E-state index contributed by atoms with van der Waals surface area (Å²) in [4.78, 5) is 11.1. The van der Waals surface area contributed by atoms with Gasteiger partial charge in [0.1, 0.15) is 18.2 Å². The van der Waals surface area contributed by atoms with Gasteiger partial charge in [-0.2, -0.15) is 5.26 Å². The lowest BCUT2D eigenvalue weighted by molar-refractivity contribution is -0.114. The van der Waals surface area contributed by atoms with Crippen LogP contribution in [0.15, 0.2) is 22.2 Å². The number of nitrogens with zero attached hydrogens (tertiary/aromatic N) is 1. The first-order valence-electron chi connectivity index (χ1n) is 5.97. The van der Waals surface area contributed by atoms with E-state index in [1.807, 2.05) is 6.92 Å². The lowest BCUT2D eigenvalue weighted by atomic mass is 10.1. The fourth-order valence-corrected chi connectivity index (χ4v) is 2.09. The molecular weight excluding hydrogens is 336 g/mol. The van der Waals surface area contributed by atoms with Gasteiger partial charge in [-0.1, -0.05) is 5.92 Å². The maximum atomic E-state index is 11.1. The number of benzene rings is 1. The molecule has 0 atom stereocenters. The van der Waals surface area contributed by atoms with Crippen molar-refractivity contribution in [3.05, 3.63) is 27.7 Å². The van der Waals surface area contributed by atoms with Gasteiger partial charge in [-0.15, -0.1) is 6.42 Å². The molecule has 1 aromatic rings. The molecular formula is C15H13BrN2O3. The minimum absolute atomic E-state index is 0.0958. The van der Waals surface area contributed by atoms with Crippen molar-refractivity contribution in [3.63, 3.8) is 0 Å². The molecule has 0 radical (unpaired) electrons. The van der Waals surface area contributed by atoms with Crippen LogP contribution in [0.2, 0.25) is 0 Å². The van der Waals surface area contributed by atoms with E-state index in [0.717, 1.165) is 0 Å². The van der Waals surface area contributed by atoms with E-state index >= 15 is 0 Å². The average molecular weight is 349 g/mol. The number of nitrogens with two attached hydrogens (primary N) is 1. The number of hydrogen-bond donors (Lipinski definition) is 1. The monoisotopic (exact) mass is 348 g/mol. The normalized spacial score (nSPS) is 10.4. The van der Waals surface area contributed by atoms with Crippen LogP contribution in [0.25, 0.3) is 6.08 Å². The van der Waals surface area contributed by atoms with Crippen molar-refractivity contribution in [1.82, 2.24) is 0 Å². The largest absolute Gasteiger partial charge is 0.490 e. The van der Waals surface area contributed by atoms with Crippen LogP contribution in [-0.4, -0.2) is 19.1 Å². The van der Waals surface area contributed by atoms with Crippen LogP contribution in [0.4, 0.5) is 0 Å². The Bertz CT molecular complexity index is 654. The maximum Gasteiger partial charge on any atom is 0.259 e. The number of amides is 1. The fourth-order valence-electron chi connectivity index (χ4n) is 1.51. The molecule has 21 heavy (non-hydrogen) atoms. The molecule has 0 unspecified atom stereocenters. The third kappa shape index (κ3) is 4.55. The highest BCUT2D eigenvalue weighted by Gasteiger charge is 2.12. The van der Waals surface area contributed by atoms with Crippen LogP contribution in [-0.2, 0) is 4.79 Å². The Hall–Kier alpha value is -2.44. The third-order valence-electron chi connectivity index (χ3n) is 2.33. The fraction of sp³-hybridized carbons (Fsp3) is 0.200. The number of halogens is 1. The quantitative estimate of drug-likeness (QED) is 0.485. The SMILES string of the molecule is C#CCOc1c(Br)cc(/C=C(\C#N)C(N)=O)cc1OCC. The van der Waals surface area contributed by atoms with Gasteiger partial charge >= 0.3 is 0 Å². The van der Waals surface area contributed by atoms with Gasteiger partial charge in [0.15, 0.2) is 11.5 Å². The Kier molecular flexibility index (Phi) is 6.32. The lowest BCUT2D eigenvalue weighted by Crippen LogP contribution is -2.12. The Morgan fingerprint density at radius 1 is 1.52 bits per heavy atom. The van der Waals surface area contributed by atoms with E-state index in [0.29, 0.717) is 28.1 Å². The average Bonchev–Trinajstić information content (AvgIpc) is 2.44. The first-order valence-corrected chi connectivity index (χ1v) is 6.77. The summed E-state index contributed by atoms with van der Waals surface area (Å²) in [7, 11) is 0.